The Balaban J connectivity index is 2.43. The van der Waals surface area contributed by atoms with Crippen LogP contribution in [0.2, 0.25) is 0 Å². The second-order valence-corrected chi connectivity index (χ2v) is 4.91. The van der Waals surface area contributed by atoms with Crippen LogP contribution in [0.3, 0.4) is 0 Å². The number of nitrogens with zero attached hydrogens (tertiary/aromatic N) is 2. The van der Waals surface area contributed by atoms with Gasteiger partial charge < -0.3 is 9.47 Å². The molecule has 0 amide bonds. The van der Waals surface area contributed by atoms with Crippen molar-refractivity contribution < 1.29 is 4.39 Å². The van der Waals surface area contributed by atoms with E-state index in [2.05, 4.69) is 37.4 Å². The highest BCUT2D eigenvalue weighted by molar-refractivity contribution is 5.81. The van der Waals surface area contributed by atoms with Gasteiger partial charge in [0.1, 0.15) is 5.82 Å². The molecule has 92 valence electrons. The number of rotatable bonds is 3. The molecule has 0 radical (unpaired) electrons. The predicted molar refractivity (Wildman–Crippen MR) is 69.8 cm³/mol. The maximum atomic E-state index is 13.2. The van der Waals surface area contributed by atoms with E-state index in [9.17, 15) is 4.39 Å². The van der Waals surface area contributed by atoms with Crippen LogP contribution in [0.15, 0.2) is 24.3 Å². The number of benzene rings is 1. The summed E-state index contributed by atoms with van der Waals surface area (Å²) in [5.74, 6) is -0.171. The third-order valence-electron chi connectivity index (χ3n) is 3.40. The van der Waals surface area contributed by atoms with Crippen molar-refractivity contribution in [3.8, 4) is 0 Å². The van der Waals surface area contributed by atoms with Gasteiger partial charge >= 0.3 is 0 Å². The molecule has 3 heteroatoms. The lowest BCUT2D eigenvalue weighted by Gasteiger charge is -2.21. The summed E-state index contributed by atoms with van der Waals surface area (Å²) in [6.07, 6.45) is 0. The topological polar surface area (TPSA) is 8.17 Å². The van der Waals surface area contributed by atoms with Gasteiger partial charge in [-0.1, -0.05) is 0 Å². The molecular weight excluding hydrogens is 215 g/mol. The van der Waals surface area contributed by atoms with E-state index in [1.165, 1.54) is 11.8 Å². The number of likely N-dealkylation sites (N-methyl/N-ethyl adjacent to an activating group) is 1. The zero-order chi connectivity index (χ0) is 12.6. The first-order valence-corrected chi connectivity index (χ1v) is 5.91. The fourth-order valence-corrected chi connectivity index (χ4v) is 2.05. The number of hydrogen-bond acceptors (Lipinski definition) is 1. The van der Waals surface area contributed by atoms with Gasteiger partial charge in [-0.05, 0) is 52.2 Å². The molecule has 2 nitrogen and oxygen atoms in total. The van der Waals surface area contributed by atoms with Crippen molar-refractivity contribution in [3.05, 3.63) is 35.8 Å². The van der Waals surface area contributed by atoms with Crippen molar-refractivity contribution >= 4 is 10.9 Å². The van der Waals surface area contributed by atoms with Gasteiger partial charge in [-0.3, -0.25) is 0 Å². The van der Waals surface area contributed by atoms with E-state index in [4.69, 9.17) is 0 Å². The first kappa shape index (κ1) is 12.1. The van der Waals surface area contributed by atoms with Gasteiger partial charge in [-0.15, -0.1) is 0 Å². The Kier molecular flexibility index (Phi) is 3.20. The molecule has 0 saturated heterocycles. The Morgan fingerprint density at radius 3 is 2.65 bits per heavy atom. The van der Waals surface area contributed by atoms with Crippen LogP contribution in [-0.4, -0.2) is 29.6 Å². The highest BCUT2D eigenvalue weighted by Gasteiger charge is 2.11. The second kappa shape index (κ2) is 4.49. The Morgan fingerprint density at radius 1 is 1.29 bits per heavy atom. The summed E-state index contributed by atoms with van der Waals surface area (Å²) in [6, 6.07) is 7.48. The van der Waals surface area contributed by atoms with Crippen LogP contribution < -0.4 is 0 Å². The quantitative estimate of drug-likeness (QED) is 0.792. The Bertz CT molecular complexity index is 528. The molecule has 0 aliphatic carbocycles. The smallest absolute Gasteiger partial charge is 0.123 e. The molecule has 1 aromatic carbocycles. The lowest BCUT2D eigenvalue weighted by Crippen LogP contribution is -2.29. The van der Waals surface area contributed by atoms with Crippen LogP contribution in [0.25, 0.3) is 10.9 Å². The van der Waals surface area contributed by atoms with Gasteiger partial charge in [0.15, 0.2) is 0 Å². The molecule has 2 aromatic rings. The van der Waals surface area contributed by atoms with Gasteiger partial charge in [0.25, 0.3) is 0 Å². The van der Waals surface area contributed by atoms with Crippen molar-refractivity contribution in [2.24, 2.45) is 0 Å². The monoisotopic (exact) mass is 234 g/mol. The molecule has 0 spiro atoms. The highest BCUT2D eigenvalue weighted by Crippen LogP contribution is 2.21. The van der Waals surface area contributed by atoms with Gasteiger partial charge in [-0.2, -0.15) is 0 Å². The number of halogens is 1. The molecule has 0 fully saturated rings. The summed E-state index contributed by atoms with van der Waals surface area (Å²) in [7, 11) is 4.15. The van der Waals surface area contributed by atoms with Gasteiger partial charge in [0, 0.05) is 29.2 Å². The fraction of sp³-hybridized carbons (Fsp3) is 0.429. The average Bonchev–Trinajstić information content (AvgIpc) is 2.54. The van der Waals surface area contributed by atoms with Crippen LogP contribution in [0.4, 0.5) is 4.39 Å². The molecule has 2 rings (SSSR count). The molecule has 17 heavy (non-hydrogen) atoms. The predicted octanol–water partition coefficient (Wildman–Crippen LogP) is 3.04. The van der Waals surface area contributed by atoms with E-state index in [0.29, 0.717) is 6.04 Å². The van der Waals surface area contributed by atoms with E-state index >= 15 is 0 Å². The zero-order valence-corrected chi connectivity index (χ0v) is 10.9. The SMILES string of the molecule is Cc1cc2cc(F)ccc2n1CC(C)N(C)C. The summed E-state index contributed by atoms with van der Waals surface area (Å²) in [4.78, 5) is 2.19. The second-order valence-electron chi connectivity index (χ2n) is 4.91. The summed E-state index contributed by atoms with van der Waals surface area (Å²) in [5.41, 5.74) is 2.29. The lowest BCUT2D eigenvalue weighted by atomic mass is 10.2. The van der Waals surface area contributed by atoms with Crippen molar-refractivity contribution in [1.82, 2.24) is 9.47 Å². The normalized spacial score (nSPS) is 13.5. The number of aryl methyl sites for hydroxylation is 1. The summed E-state index contributed by atoms with van der Waals surface area (Å²) < 4.78 is 15.4. The first-order valence-electron chi connectivity index (χ1n) is 5.91. The summed E-state index contributed by atoms with van der Waals surface area (Å²) in [6.45, 7) is 5.18. The van der Waals surface area contributed by atoms with Crippen molar-refractivity contribution in [2.45, 2.75) is 26.4 Å². The summed E-state index contributed by atoms with van der Waals surface area (Å²) >= 11 is 0. The van der Waals surface area contributed by atoms with Crippen molar-refractivity contribution in [2.75, 3.05) is 14.1 Å². The number of hydrogen-bond donors (Lipinski definition) is 0. The molecule has 1 aromatic heterocycles. The zero-order valence-electron chi connectivity index (χ0n) is 10.9. The lowest BCUT2D eigenvalue weighted by molar-refractivity contribution is 0.285. The standard InChI is InChI=1S/C14H19FN2/c1-10-7-12-8-13(15)5-6-14(12)17(10)9-11(2)16(3)4/h5-8,11H,9H2,1-4H3. The van der Waals surface area contributed by atoms with E-state index in [1.807, 2.05) is 12.1 Å². The molecule has 0 bridgehead atoms. The van der Waals surface area contributed by atoms with Gasteiger partial charge in [0.05, 0.1) is 0 Å². The number of aromatic nitrogens is 1. The third-order valence-corrected chi connectivity index (χ3v) is 3.40. The number of fused-ring (bicyclic) bond motifs is 1. The molecule has 0 N–H and O–H groups in total. The Morgan fingerprint density at radius 2 is 2.00 bits per heavy atom. The molecule has 1 atom stereocenters. The first-order chi connectivity index (χ1) is 7.99. The van der Waals surface area contributed by atoms with Gasteiger partial charge in [0.2, 0.25) is 0 Å². The molecular formula is C14H19FN2. The van der Waals surface area contributed by atoms with E-state index in [0.717, 1.165) is 17.4 Å². The molecule has 1 heterocycles. The van der Waals surface area contributed by atoms with E-state index in [-0.39, 0.29) is 5.82 Å². The average molecular weight is 234 g/mol. The van der Waals surface area contributed by atoms with Crippen LogP contribution in [0.1, 0.15) is 12.6 Å². The van der Waals surface area contributed by atoms with Crippen molar-refractivity contribution in [3.63, 3.8) is 0 Å². The van der Waals surface area contributed by atoms with Gasteiger partial charge in [-0.25, -0.2) is 4.39 Å². The highest BCUT2D eigenvalue weighted by atomic mass is 19.1. The third kappa shape index (κ3) is 2.34. The summed E-state index contributed by atoms with van der Waals surface area (Å²) in [5, 5.41) is 0.980. The van der Waals surface area contributed by atoms with E-state index in [1.54, 1.807) is 6.07 Å². The van der Waals surface area contributed by atoms with Crippen LogP contribution in [0, 0.1) is 12.7 Å². The maximum absolute atomic E-state index is 13.2. The van der Waals surface area contributed by atoms with Crippen LogP contribution >= 0.6 is 0 Å². The molecule has 0 aliphatic heterocycles. The van der Waals surface area contributed by atoms with Crippen molar-refractivity contribution in [1.29, 1.82) is 0 Å². The van der Waals surface area contributed by atoms with E-state index < -0.39 is 0 Å². The molecule has 0 aliphatic rings. The molecule has 0 saturated carbocycles. The minimum Gasteiger partial charge on any atom is -0.343 e. The fourth-order valence-electron chi connectivity index (χ4n) is 2.05. The Labute approximate surface area is 102 Å². The Hall–Kier alpha value is -1.35. The minimum absolute atomic E-state index is 0.171. The molecule has 1 unspecified atom stereocenters. The van der Waals surface area contributed by atoms with Crippen LogP contribution in [0.5, 0.6) is 0 Å². The minimum atomic E-state index is -0.171. The van der Waals surface area contributed by atoms with Crippen LogP contribution in [-0.2, 0) is 6.54 Å². The maximum Gasteiger partial charge on any atom is 0.123 e. The largest absolute Gasteiger partial charge is 0.343 e.